The number of pyridine rings is 1. The van der Waals surface area contributed by atoms with Crippen LogP contribution in [0.2, 0.25) is 0 Å². The summed E-state index contributed by atoms with van der Waals surface area (Å²) in [4.78, 5) is 18.4. The fraction of sp³-hybridized carbons (Fsp3) is 0.600. The Labute approximate surface area is 120 Å². The van der Waals surface area contributed by atoms with Gasteiger partial charge in [-0.2, -0.15) is 0 Å². The highest BCUT2D eigenvalue weighted by atomic mass is 16.3. The molecule has 1 amide bonds. The summed E-state index contributed by atoms with van der Waals surface area (Å²) in [5, 5.41) is 12.5. The Hall–Kier alpha value is -1.62. The van der Waals surface area contributed by atoms with Crippen LogP contribution in [-0.2, 0) is 4.79 Å². The molecule has 1 fully saturated rings. The molecule has 1 unspecified atom stereocenters. The van der Waals surface area contributed by atoms with E-state index in [4.69, 9.17) is 0 Å². The largest absolute Gasteiger partial charge is 0.387 e. The van der Waals surface area contributed by atoms with E-state index in [1.54, 1.807) is 13.2 Å². The van der Waals surface area contributed by atoms with E-state index >= 15 is 0 Å². The molecule has 0 aliphatic carbocycles. The van der Waals surface area contributed by atoms with E-state index in [0.29, 0.717) is 12.1 Å². The first-order valence-corrected chi connectivity index (χ1v) is 7.29. The molecule has 2 N–H and O–H groups in total. The number of hydrogen-bond donors (Lipinski definition) is 2. The molecule has 20 heavy (non-hydrogen) atoms. The quantitative estimate of drug-likeness (QED) is 0.878. The molecule has 2 atom stereocenters. The second kappa shape index (κ2) is 6.70. The molecular weight excluding hydrogens is 254 g/mol. The summed E-state index contributed by atoms with van der Waals surface area (Å²) >= 11 is 0. The van der Waals surface area contributed by atoms with Crippen LogP contribution in [0.3, 0.4) is 0 Å². The molecule has 1 aliphatic heterocycles. The first-order chi connectivity index (χ1) is 9.67. The summed E-state index contributed by atoms with van der Waals surface area (Å²) in [6, 6.07) is 3.68. The lowest BCUT2D eigenvalue weighted by molar-refractivity contribution is -0.122. The van der Waals surface area contributed by atoms with E-state index in [-0.39, 0.29) is 11.9 Å². The molecular formula is C15H23N3O2. The van der Waals surface area contributed by atoms with Gasteiger partial charge in [0, 0.05) is 13.6 Å². The summed E-state index contributed by atoms with van der Waals surface area (Å²) < 4.78 is 0. The van der Waals surface area contributed by atoms with Gasteiger partial charge in [0.25, 0.3) is 0 Å². The number of nitrogens with one attached hydrogen (secondary N) is 1. The van der Waals surface area contributed by atoms with E-state index in [2.05, 4.69) is 15.2 Å². The van der Waals surface area contributed by atoms with Crippen molar-refractivity contribution in [2.75, 3.05) is 18.5 Å². The number of aliphatic hydroxyl groups is 1. The number of rotatable bonds is 4. The topological polar surface area (TPSA) is 65.5 Å². The Morgan fingerprint density at radius 2 is 2.35 bits per heavy atom. The van der Waals surface area contributed by atoms with Gasteiger partial charge in [-0.1, -0.05) is 6.92 Å². The predicted molar refractivity (Wildman–Crippen MR) is 78.5 cm³/mol. The number of likely N-dealkylation sites (N-methyl/N-ethyl adjacent to an activating group) is 1. The van der Waals surface area contributed by atoms with Gasteiger partial charge in [0.1, 0.15) is 6.04 Å². The third kappa shape index (κ3) is 3.10. The maximum atomic E-state index is 12.0. The van der Waals surface area contributed by atoms with Crippen LogP contribution in [0.4, 0.5) is 5.69 Å². The molecule has 1 saturated heterocycles. The maximum absolute atomic E-state index is 12.0. The van der Waals surface area contributed by atoms with Crippen LogP contribution < -0.4 is 10.2 Å². The van der Waals surface area contributed by atoms with Crippen LogP contribution in [0.25, 0.3) is 0 Å². The molecule has 2 rings (SSSR count). The van der Waals surface area contributed by atoms with Crippen molar-refractivity contribution >= 4 is 11.6 Å². The van der Waals surface area contributed by atoms with Gasteiger partial charge in [0.05, 0.1) is 23.7 Å². The highest BCUT2D eigenvalue weighted by Gasteiger charge is 2.28. The molecule has 0 radical (unpaired) electrons. The zero-order chi connectivity index (χ0) is 14.5. The zero-order valence-corrected chi connectivity index (χ0v) is 12.2. The van der Waals surface area contributed by atoms with Crippen molar-refractivity contribution < 1.29 is 9.90 Å². The van der Waals surface area contributed by atoms with Gasteiger partial charge < -0.3 is 15.3 Å². The Balaban J connectivity index is 2.17. The molecule has 0 spiro atoms. The summed E-state index contributed by atoms with van der Waals surface area (Å²) in [5.41, 5.74) is 1.63. The molecule has 0 bridgehead atoms. The fourth-order valence-electron chi connectivity index (χ4n) is 2.65. The molecule has 1 aliphatic rings. The second-order valence-electron chi connectivity index (χ2n) is 5.18. The van der Waals surface area contributed by atoms with Crippen molar-refractivity contribution in [1.82, 2.24) is 10.3 Å². The number of carbonyl (C=O) groups excluding carboxylic acids is 1. The Morgan fingerprint density at radius 1 is 1.55 bits per heavy atom. The number of carbonyl (C=O) groups is 1. The Morgan fingerprint density at radius 3 is 2.95 bits per heavy atom. The summed E-state index contributed by atoms with van der Waals surface area (Å²) in [6.07, 6.45) is 4.94. The Kier molecular flexibility index (Phi) is 4.95. The first-order valence-electron chi connectivity index (χ1n) is 7.29. The minimum atomic E-state index is -0.514. The number of nitrogens with zero attached hydrogens (tertiary/aromatic N) is 2. The highest BCUT2D eigenvalue weighted by Crippen LogP contribution is 2.25. The van der Waals surface area contributed by atoms with E-state index in [1.165, 1.54) is 0 Å². The first kappa shape index (κ1) is 14.8. The van der Waals surface area contributed by atoms with Crippen LogP contribution in [0.5, 0.6) is 0 Å². The monoisotopic (exact) mass is 277 g/mol. The van der Waals surface area contributed by atoms with Gasteiger partial charge in [-0.15, -0.1) is 0 Å². The molecule has 110 valence electrons. The van der Waals surface area contributed by atoms with Crippen molar-refractivity contribution in [2.45, 2.75) is 44.8 Å². The van der Waals surface area contributed by atoms with Gasteiger partial charge in [0.2, 0.25) is 5.91 Å². The number of anilines is 1. The maximum Gasteiger partial charge on any atom is 0.242 e. The van der Waals surface area contributed by atoms with Gasteiger partial charge >= 0.3 is 0 Å². The van der Waals surface area contributed by atoms with Crippen LogP contribution in [0.15, 0.2) is 18.3 Å². The smallest absolute Gasteiger partial charge is 0.242 e. The van der Waals surface area contributed by atoms with Crippen LogP contribution in [-0.4, -0.2) is 35.6 Å². The third-order valence-corrected chi connectivity index (χ3v) is 3.88. The van der Waals surface area contributed by atoms with E-state index in [9.17, 15) is 9.90 Å². The average molecular weight is 277 g/mol. The lowest BCUT2D eigenvalue weighted by atomic mass is 10.0. The number of aromatic nitrogens is 1. The van der Waals surface area contributed by atoms with Gasteiger partial charge in [0.15, 0.2) is 0 Å². The van der Waals surface area contributed by atoms with Crippen molar-refractivity contribution in [1.29, 1.82) is 0 Å². The van der Waals surface area contributed by atoms with Gasteiger partial charge in [-0.25, -0.2) is 0 Å². The number of amides is 1. The molecule has 0 saturated carbocycles. The summed E-state index contributed by atoms with van der Waals surface area (Å²) in [6.45, 7) is 2.79. The normalized spacial score (nSPS) is 20.6. The molecule has 0 aromatic carbocycles. The minimum absolute atomic E-state index is 0.0577. The lowest BCUT2D eigenvalue weighted by Gasteiger charge is -2.36. The third-order valence-electron chi connectivity index (χ3n) is 3.88. The van der Waals surface area contributed by atoms with Crippen molar-refractivity contribution in [3.05, 3.63) is 24.0 Å². The Bertz CT molecular complexity index is 447. The van der Waals surface area contributed by atoms with Crippen molar-refractivity contribution in [3.63, 3.8) is 0 Å². The van der Waals surface area contributed by atoms with Gasteiger partial charge in [-0.3, -0.25) is 9.78 Å². The van der Waals surface area contributed by atoms with Crippen molar-refractivity contribution in [3.8, 4) is 0 Å². The van der Waals surface area contributed by atoms with Crippen molar-refractivity contribution in [2.24, 2.45) is 0 Å². The van der Waals surface area contributed by atoms with Crippen LogP contribution in [0, 0.1) is 0 Å². The summed E-state index contributed by atoms with van der Waals surface area (Å²) in [7, 11) is 1.67. The second-order valence-corrected chi connectivity index (χ2v) is 5.18. The lowest BCUT2D eigenvalue weighted by Crippen LogP contribution is -2.48. The van der Waals surface area contributed by atoms with E-state index < -0.39 is 6.10 Å². The van der Waals surface area contributed by atoms with Gasteiger partial charge in [-0.05, 0) is 37.8 Å². The number of hydrogen-bond acceptors (Lipinski definition) is 4. The fourth-order valence-corrected chi connectivity index (χ4v) is 2.65. The van der Waals surface area contributed by atoms with E-state index in [1.807, 2.05) is 19.1 Å². The molecule has 2 heterocycles. The van der Waals surface area contributed by atoms with Crippen LogP contribution >= 0.6 is 0 Å². The molecule has 1 aromatic heterocycles. The number of aliphatic hydroxyl groups excluding tert-OH is 1. The molecule has 5 nitrogen and oxygen atoms in total. The average Bonchev–Trinajstić information content (AvgIpc) is 2.53. The molecule has 5 heteroatoms. The SMILES string of the molecule is CC[C@H](O)c1ccc(N2CCCCC2C(=O)NC)cn1. The van der Waals surface area contributed by atoms with Crippen LogP contribution in [0.1, 0.15) is 44.4 Å². The standard InChI is InChI=1S/C15H23N3O2/c1-3-14(19)12-8-7-11(10-17-12)18-9-5-4-6-13(18)15(20)16-2/h7-8,10,13-14,19H,3-6,9H2,1-2H3,(H,16,20)/t13?,14-/m0/s1. The zero-order valence-electron chi connectivity index (χ0n) is 12.2. The predicted octanol–water partition coefficient (Wildman–Crippen LogP) is 1.63. The summed E-state index contributed by atoms with van der Waals surface area (Å²) in [5.74, 6) is 0.0577. The van der Waals surface area contributed by atoms with E-state index in [0.717, 1.165) is 31.5 Å². The molecule has 1 aromatic rings. The minimum Gasteiger partial charge on any atom is -0.387 e. The number of piperidine rings is 1. The highest BCUT2D eigenvalue weighted by molar-refractivity contribution is 5.85.